The second-order valence-corrected chi connectivity index (χ2v) is 3.59. The van der Waals surface area contributed by atoms with Crippen LogP contribution in [0.2, 0.25) is 0 Å². The molecule has 2 rings (SSSR count). The number of hydrogen-bond donors (Lipinski definition) is 2. The Morgan fingerprint density at radius 1 is 1.47 bits per heavy atom. The third kappa shape index (κ3) is 3.49. The molecule has 0 atom stereocenters. The lowest BCUT2D eigenvalue weighted by molar-refractivity contribution is 0.198. The Hall–Kier alpha value is -1.14. The van der Waals surface area contributed by atoms with E-state index >= 15 is 0 Å². The summed E-state index contributed by atoms with van der Waals surface area (Å²) >= 11 is 0. The molecule has 1 aliphatic carbocycles. The van der Waals surface area contributed by atoms with E-state index in [0.29, 0.717) is 31.1 Å². The standard InChI is InChI=1S/C9H16N4O2/c1-14-5-4-10-6-8-12-13-9(15-8)11-7-2-3-7/h7,10H,2-6H2,1H3,(H,11,13). The van der Waals surface area contributed by atoms with E-state index < -0.39 is 0 Å². The van der Waals surface area contributed by atoms with Gasteiger partial charge in [0.15, 0.2) is 0 Å². The van der Waals surface area contributed by atoms with Crippen LogP contribution < -0.4 is 10.6 Å². The van der Waals surface area contributed by atoms with Crippen molar-refractivity contribution in [1.82, 2.24) is 15.5 Å². The summed E-state index contributed by atoms with van der Waals surface area (Å²) in [5, 5.41) is 14.1. The van der Waals surface area contributed by atoms with Gasteiger partial charge in [0.05, 0.1) is 13.2 Å². The molecule has 0 saturated heterocycles. The number of methoxy groups -OCH3 is 1. The van der Waals surface area contributed by atoms with Gasteiger partial charge in [-0.1, -0.05) is 5.10 Å². The molecule has 1 saturated carbocycles. The Morgan fingerprint density at radius 3 is 3.07 bits per heavy atom. The van der Waals surface area contributed by atoms with Gasteiger partial charge >= 0.3 is 6.01 Å². The maximum Gasteiger partial charge on any atom is 0.315 e. The molecule has 1 aromatic heterocycles. The van der Waals surface area contributed by atoms with Crippen molar-refractivity contribution >= 4 is 6.01 Å². The molecule has 0 aromatic carbocycles. The maximum absolute atomic E-state index is 5.38. The van der Waals surface area contributed by atoms with Crippen molar-refractivity contribution in [1.29, 1.82) is 0 Å². The van der Waals surface area contributed by atoms with Gasteiger partial charge in [0.2, 0.25) is 5.89 Å². The maximum atomic E-state index is 5.38. The van der Waals surface area contributed by atoms with Gasteiger partial charge in [0.1, 0.15) is 0 Å². The van der Waals surface area contributed by atoms with E-state index in [1.165, 1.54) is 12.8 Å². The number of rotatable bonds is 7. The van der Waals surface area contributed by atoms with Crippen LogP contribution in [0.1, 0.15) is 18.7 Å². The molecular formula is C9H16N4O2. The normalized spacial score (nSPS) is 15.5. The summed E-state index contributed by atoms with van der Waals surface area (Å²) < 4.78 is 10.3. The van der Waals surface area contributed by atoms with Crippen LogP contribution in [0.5, 0.6) is 0 Å². The van der Waals surface area contributed by atoms with Crippen LogP contribution in [-0.4, -0.2) is 36.5 Å². The van der Waals surface area contributed by atoms with Gasteiger partial charge in [-0.15, -0.1) is 5.10 Å². The molecule has 6 nitrogen and oxygen atoms in total. The summed E-state index contributed by atoms with van der Waals surface area (Å²) in [4.78, 5) is 0. The SMILES string of the molecule is COCCNCc1nnc(NC2CC2)o1. The summed E-state index contributed by atoms with van der Waals surface area (Å²) in [7, 11) is 1.67. The second kappa shape index (κ2) is 5.09. The van der Waals surface area contributed by atoms with Crippen LogP contribution in [0.25, 0.3) is 0 Å². The zero-order valence-corrected chi connectivity index (χ0v) is 8.82. The molecular weight excluding hydrogens is 196 g/mol. The quantitative estimate of drug-likeness (QED) is 0.637. The lowest BCUT2D eigenvalue weighted by atomic mass is 10.6. The number of nitrogens with zero attached hydrogens (tertiary/aromatic N) is 2. The van der Waals surface area contributed by atoms with Crippen molar-refractivity contribution in [3.8, 4) is 0 Å². The molecule has 6 heteroatoms. The van der Waals surface area contributed by atoms with E-state index in [9.17, 15) is 0 Å². The third-order valence-corrected chi connectivity index (χ3v) is 2.13. The average molecular weight is 212 g/mol. The average Bonchev–Trinajstić information content (AvgIpc) is 2.93. The van der Waals surface area contributed by atoms with Crippen LogP contribution in [0.4, 0.5) is 6.01 Å². The Bertz CT molecular complexity index is 298. The first-order chi connectivity index (χ1) is 7.38. The minimum absolute atomic E-state index is 0.529. The summed E-state index contributed by atoms with van der Waals surface area (Å²) in [6.45, 7) is 2.05. The minimum Gasteiger partial charge on any atom is -0.407 e. The molecule has 0 unspecified atom stereocenters. The highest BCUT2D eigenvalue weighted by atomic mass is 16.5. The van der Waals surface area contributed by atoms with Gasteiger partial charge in [-0.25, -0.2) is 0 Å². The van der Waals surface area contributed by atoms with Gasteiger partial charge < -0.3 is 19.8 Å². The van der Waals surface area contributed by atoms with E-state index in [1.807, 2.05) is 0 Å². The van der Waals surface area contributed by atoms with E-state index in [4.69, 9.17) is 9.15 Å². The summed E-state index contributed by atoms with van der Waals surface area (Å²) in [5.41, 5.74) is 0. The largest absolute Gasteiger partial charge is 0.407 e. The third-order valence-electron chi connectivity index (χ3n) is 2.13. The summed E-state index contributed by atoms with van der Waals surface area (Å²) in [6.07, 6.45) is 2.40. The lowest BCUT2D eigenvalue weighted by Gasteiger charge is -1.99. The van der Waals surface area contributed by atoms with E-state index in [-0.39, 0.29) is 0 Å². The topological polar surface area (TPSA) is 72.2 Å². The Balaban J connectivity index is 1.69. The molecule has 1 heterocycles. The van der Waals surface area contributed by atoms with Crippen molar-refractivity contribution in [3.63, 3.8) is 0 Å². The fourth-order valence-electron chi connectivity index (χ4n) is 1.16. The first-order valence-electron chi connectivity index (χ1n) is 5.17. The second-order valence-electron chi connectivity index (χ2n) is 3.59. The van der Waals surface area contributed by atoms with Gasteiger partial charge in [0.25, 0.3) is 0 Å². The number of aromatic nitrogens is 2. The van der Waals surface area contributed by atoms with Crippen molar-refractivity contribution in [2.45, 2.75) is 25.4 Å². The molecule has 0 radical (unpaired) electrons. The molecule has 0 bridgehead atoms. The predicted molar refractivity (Wildman–Crippen MR) is 54.5 cm³/mol. The van der Waals surface area contributed by atoms with Crippen molar-refractivity contribution < 1.29 is 9.15 Å². The number of hydrogen-bond acceptors (Lipinski definition) is 6. The summed E-state index contributed by atoms with van der Waals surface area (Å²) in [5.74, 6) is 0.606. The van der Waals surface area contributed by atoms with Gasteiger partial charge in [-0.3, -0.25) is 0 Å². The van der Waals surface area contributed by atoms with Crippen LogP contribution in [0.3, 0.4) is 0 Å². The monoisotopic (exact) mass is 212 g/mol. The molecule has 2 N–H and O–H groups in total. The van der Waals surface area contributed by atoms with Crippen molar-refractivity contribution in [2.24, 2.45) is 0 Å². The number of anilines is 1. The van der Waals surface area contributed by atoms with E-state index in [0.717, 1.165) is 6.54 Å². The molecule has 1 fully saturated rings. The molecule has 0 spiro atoms. The molecule has 0 amide bonds. The molecule has 84 valence electrons. The fourth-order valence-corrected chi connectivity index (χ4v) is 1.16. The first-order valence-corrected chi connectivity index (χ1v) is 5.17. The van der Waals surface area contributed by atoms with Crippen LogP contribution >= 0.6 is 0 Å². The highest BCUT2D eigenvalue weighted by Crippen LogP contribution is 2.23. The Labute approximate surface area is 88.4 Å². The van der Waals surface area contributed by atoms with Gasteiger partial charge in [-0.2, -0.15) is 0 Å². The van der Waals surface area contributed by atoms with Crippen LogP contribution in [0.15, 0.2) is 4.42 Å². The van der Waals surface area contributed by atoms with Crippen molar-refractivity contribution in [3.05, 3.63) is 5.89 Å². The molecule has 0 aliphatic heterocycles. The highest BCUT2D eigenvalue weighted by molar-refractivity contribution is 5.22. The smallest absolute Gasteiger partial charge is 0.315 e. The fraction of sp³-hybridized carbons (Fsp3) is 0.778. The van der Waals surface area contributed by atoms with Crippen LogP contribution in [0, 0.1) is 0 Å². The molecule has 1 aromatic rings. The van der Waals surface area contributed by atoms with E-state index in [1.54, 1.807) is 7.11 Å². The summed E-state index contributed by atoms with van der Waals surface area (Å²) in [6, 6.07) is 1.07. The highest BCUT2D eigenvalue weighted by Gasteiger charge is 2.23. The van der Waals surface area contributed by atoms with Gasteiger partial charge in [-0.05, 0) is 12.8 Å². The first kappa shape index (κ1) is 10.4. The van der Waals surface area contributed by atoms with Crippen molar-refractivity contribution in [2.75, 3.05) is 25.6 Å². The Kier molecular flexibility index (Phi) is 3.52. The number of nitrogens with one attached hydrogen (secondary N) is 2. The molecule has 1 aliphatic rings. The zero-order chi connectivity index (χ0) is 10.5. The lowest BCUT2D eigenvalue weighted by Crippen LogP contribution is -2.18. The number of ether oxygens (including phenoxy) is 1. The van der Waals surface area contributed by atoms with Crippen LogP contribution in [-0.2, 0) is 11.3 Å². The Morgan fingerprint density at radius 2 is 2.33 bits per heavy atom. The zero-order valence-electron chi connectivity index (χ0n) is 8.82. The van der Waals surface area contributed by atoms with Gasteiger partial charge in [0, 0.05) is 19.7 Å². The predicted octanol–water partition coefficient (Wildman–Crippen LogP) is 0.380. The molecule has 15 heavy (non-hydrogen) atoms. The van der Waals surface area contributed by atoms with E-state index in [2.05, 4.69) is 20.8 Å². The minimum atomic E-state index is 0.529.